The van der Waals surface area contributed by atoms with E-state index in [1.165, 1.54) is 11.1 Å². The van der Waals surface area contributed by atoms with Crippen LogP contribution in [-0.4, -0.2) is 48.5 Å². The summed E-state index contributed by atoms with van der Waals surface area (Å²) in [7, 11) is 0. The molecular weight excluding hydrogens is 431 g/mol. The van der Waals surface area contributed by atoms with Gasteiger partial charge in [-0.05, 0) is 47.5 Å². The van der Waals surface area contributed by atoms with Crippen molar-refractivity contribution in [2.45, 2.75) is 6.04 Å². The van der Waals surface area contributed by atoms with Gasteiger partial charge in [-0.15, -0.1) is 0 Å². The van der Waals surface area contributed by atoms with Crippen molar-refractivity contribution in [3.8, 4) is 5.75 Å². The van der Waals surface area contributed by atoms with E-state index in [2.05, 4.69) is 41.3 Å². The van der Waals surface area contributed by atoms with Crippen LogP contribution in [0, 0.1) is 0 Å². The first-order chi connectivity index (χ1) is 15.1. The highest BCUT2D eigenvalue weighted by molar-refractivity contribution is 6.30. The lowest BCUT2D eigenvalue weighted by Crippen LogP contribution is -2.51. The summed E-state index contributed by atoms with van der Waals surface area (Å²) in [6.45, 7) is 2.93. The van der Waals surface area contributed by atoms with Crippen LogP contribution >= 0.6 is 23.2 Å². The Balaban J connectivity index is 1.40. The highest BCUT2D eigenvalue weighted by Crippen LogP contribution is 2.30. The molecule has 0 aliphatic carbocycles. The van der Waals surface area contributed by atoms with Gasteiger partial charge in [0.15, 0.2) is 6.61 Å². The van der Waals surface area contributed by atoms with Crippen molar-refractivity contribution in [2.24, 2.45) is 0 Å². The molecule has 4 rings (SSSR count). The van der Waals surface area contributed by atoms with E-state index in [9.17, 15) is 4.79 Å². The van der Waals surface area contributed by atoms with Crippen LogP contribution in [0.5, 0.6) is 5.75 Å². The Morgan fingerprint density at radius 2 is 1.32 bits per heavy atom. The van der Waals surface area contributed by atoms with Gasteiger partial charge in [-0.2, -0.15) is 0 Å². The van der Waals surface area contributed by atoms with Gasteiger partial charge >= 0.3 is 0 Å². The Kier molecular flexibility index (Phi) is 7.13. The molecule has 1 aliphatic heterocycles. The number of hydrogen-bond acceptors (Lipinski definition) is 3. The minimum atomic E-state index is -0.00245. The molecule has 0 saturated carbocycles. The monoisotopic (exact) mass is 454 g/mol. The fraction of sp³-hybridized carbons (Fsp3) is 0.240. The highest BCUT2D eigenvalue weighted by Gasteiger charge is 2.28. The van der Waals surface area contributed by atoms with E-state index in [1.54, 1.807) is 24.3 Å². The maximum Gasteiger partial charge on any atom is 0.260 e. The molecule has 0 N–H and O–H groups in total. The molecule has 1 aliphatic rings. The van der Waals surface area contributed by atoms with Gasteiger partial charge < -0.3 is 9.64 Å². The van der Waals surface area contributed by atoms with Crippen molar-refractivity contribution in [3.63, 3.8) is 0 Å². The normalized spacial score (nSPS) is 15.5. The first kappa shape index (κ1) is 21.7. The number of carbonyl (C=O) groups is 1. The van der Waals surface area contributed by atoms with Crippen molar-refractivity contribution in [3.05, 3.63) is 100 Å². The molecule has 0 aromatic heterocycles. The van der Waals surface area contributed by atoms with Crippen molar-refractivity contribution < 1.29 is 9.53 Å². The van der Waals surface area contributed by atoms with E-state index >= 15 is 0 Å². The molecule has 4 nitrogen and oxygen atoms in total. The molecule has 3 aromatic rings. The summed E-state index contributed by atoms with van der Waals surface area (Å²) < 4.78 is 5.62. The van der Waals surface area contributed by atoms with E-state index in [0.717, 1.165) is 18.1 Å². The summed E-state index contributed by atoms with van der Waals surface area (Å²) in [6, 6.07) is 25.6. The summed E-state index contributed by atoms with van der Waals surface area (Å²) in [5.74, 6) is 0.639. The van der Waals surface area contributed by atoms with Gasteiger partial charge in [0.1, 0.15) is 5.75 Å². The lowest BCUT2D eigenvalue weighted by atomic mass is 9.96. The zero-order valence-electron chi connectivity index (χ0n) is 17.1. The number of ether oxygens (including phenoxy) is 1. The largest absolute Gasteiger partial charge is 0.484 e. The van der Waals surface area contributed by atoms with E-state index in [1.807, 2.05) is 23.1 Å². The zero-order valence-corrected chi connectivity index (χ0v) is 18.6. The Hall–Kier alpha value is -2.53. The SMILES string of the molecule is O=C(COc1ccc(Cl)cc1)N1CCN([C@@H](c2ccccc2)c2ccc(Cl)cc2)CC1. The molecule has 160 valence electrons. The Bertz CT molecular complexity index is 986. The molecule has 31 heavy (non-hydrogen) atoms. The Morgan fingerprint density at radius 3 is 1.94 bits per heavy atom. The second-order valence-corrected chi connectivity index (χ2v) is 8.40. The predicted octanol–water partition coefficient (Wildman–Crippen LogP) is 5.31. The first-order valence-corrected chi connectivity index (χ1v) is 11.1. The van der Waals surface area contributed by atoms with Crippen molar-refractivity contribution in [1.29, 1.82) is 0 Å². The average Bonchev–Trinajstić information content (AvgIpc) is 2.81. The second kappa shape index (κ2) is 10.2. The molecule has 0 unspecified atom stereocenters. The number of carbonyl (C=O) groups excluding carboxylic acids is 1. The van der Waals surface area contributed by atoms with Crippen LogP contribution in [0.1, 0.15) is 17.2 Å². The van der Waals surface area contributed by atoms with Crippen LogP contribution in [0.3, 0.4) is 0 Å². The smallest absolute Gasteiger partial charge is 0.260 e. The maximum absolute atomic E-state index is 12.6. The fourth-order valence-electron chi connectivity index (χ4n) is 3.89. The van der Waals surface area contributed by atoms with Crippen LogP contribution in [0.2, 0.25) is 10.0 Å². The van der Waals surface area contributed by atoms with Gasteiger partial charge in [-0.3, -0.25) is 9.69 Å². The number of rotatable bonds is 6. The van der Waals surface area contributed by atoms with Gasteiger partial charge in [0.05, 0.1) is 6.04 Å². The van der Waals surface area contributed by atoms with E-state index in [-0.39, 0.29) is 18.6 Å². The van der Waals surface area contributed by atoms with E-state index < -0.39 is 0 Å². The predicted molar refractivity (Wildman–Crippen MR) is 125 cm³/mol. The lowest BCUT2D eigenvalue weighted by Gasteiger charge is -2.39. The van der Waals surface area contributed by atoms with Crippen LogP contribution in [0.15, 0.2) is 78.9 Å². The number of halogens is 2. The van der Waals surface area contributed by atoms with Gasteiger partial charge in [-0.1, -0.05) is 65.7 Å². The highest BCUT2D eigenvalue weighted by atomic mass is 35.5. The third-order valence-corrected chi connectivity index (χ3v) is 6.01. The van der Waals surface area contributed by atoms with E-state index in [4.69, 9.17) is 27.9 Å². The fourth-order valence-corrected chi connectivity index (χ4v) is 4.14. The van der Waals surface area contributed by atoms with Gasteiger partial charge in [0.2, 0.25) is 0 Å². The van der Waals surface area contributed by atoms with Gasteiger partial charge in [-0.25, -0.2) is 0 Å². The topological polar surface area (TPSA) is 32.8 Å². The van der Waals surface area contributed by atoms with E-state index in [0.29, 0.717) is 23.9 Å². The molecule has 1 heterocycles. The lowest BCUT2D eigenvalue weighted by molar-refractivity contribution is -0.135. The molecule has 3 aromatic carbocycles. The van der Waals surface area contributed by atoms with Crippen LogP contribution in [0.25, 0.3) is 0 Å². The summed E-state index contributed by atoms with van der Waals surface area (Å²) in [5, 5.41) is 1.37. The molecule has 0 spiro atoms. The molecule has 1 saturated heterocycles. The Labute approximate surface area is 192 Å². The number of benzene rings is 3. The molecular formula is C25H24Cl2N2O2. The summed E-state index contributed by atoms with van der Waals surface area (Å²) in [4.78, 5) is 16.9. The van der Waals surface area contributed by atoms with Gasteiger partial charge in [0.25, 0.3) is 5.91 Å². The summed E-state index contributed by atoms with van der Waals surface area (Å²) in [5.41, 5.74) is 2.43. The third-order valence-electron chi connectivity index (χ3n) is 5.51. The quantitative estimate of drug-likeness (QED) is 0.506. The minimum Gasteiger partial charge on any atom is -0.484 e. The molecule has 1 atom stereocenters. The number of hydrogen-bond donors (Lipinski definition) is 0. The second-order valence-electron chi connectivity index (χ2n) is 7.52. The maximum atomic E-state index is 12.6. The minimum absolute atomic E-state index is 0.00245. The zero-order chi connectivity index (χ0) is 21.6. The first-order valence-electron chi connectivity index (χ1n) is 10.3. The van der Waals surface area contributed by atoms with Gasteiger partial charge in [0, 0.05) is 36.2 Å². The number of piperazine rings is 1. The number of nitrogens with zero attached hydrogens (tertiary/aromatic N) is 2. The molecule has 0 bridgehead atoms. The standard InChI is InChI=1S/C25H24Cl2N2O2/c26-21-8-6-20(7-9-21)25(19-4-2-1-3-5-19)29-16-14-28(15-17-29)24(30)18-31-23-12-10-22(27)11-13-23/h1-13,25H,14-18H2/t25-/m0/s1. The van der Waals surface area contributed by atoms with Crippen LogP contribution in [-0.2, 0) is 4.79 Å². The Morgan fingerprint density at radius 1 is 0.774 bits per heavy atom. The van der Waals surface area contributed by atoms with Crippen LogP contribution in [0.4, 0.5) is 0 Å². The van der Waals surface area contributed by atoms with Crippen molar-refractivity contribution >= 4 is 29.1 Å². The molecule has 1 fully saturated rings. The number of amides is 1. The average molecular weight is 455 g/mol. The van der Waals surface area contributed by atoms with Crippen LogP contribution < -0.4 is 4.74 Å². The third kappa shape index (κ3) is 5.59. The molecule has 6 heteroatoms. The van der Waals surface area contributed by atoms with Crippen molar-refractivity contribution in [2.75, 3.05) is 32.8 Å². The molecule has 1 amide bonds. The van der Waals surface area contributed by atoms with Crippen molar-refractivity contribution in [1.82, 2.24) is 9.80 Å². The summed E-state index contributed by atoms with van der Waals surface area (Å²) >= 11 is 12.0. The summed E-state index contributed by atoms with van der Waals surface area (Å²) in [6.07, 6.45) is 0. The molecule has 0 radical (unpaired) electrons.